The number of halogens is 1. The Morgan fingerprint density at radius 3 is 2.35 bits per heavy atom. The Kier molecular flexibility index (Phi) is 7.60. The molecule has 2 aromatic carbocycles. The lowest BCUT2D eigenvalue weighted by Gasteiger charge is -2.26. The molecule has 5 heteroatoms. The second-order valence-electron chi connectivity index (χ2n) is 6.09. The van der Waals surface area contributed by atoms with E-state index in [-0.39, 0.29) is 18.6 Å². The molecule has 0 aliphatic rings. The van der Waals surface area contributed by atoms with Crippen molar-refractivity contribution in [2.75, 3.05) is 6.61 Å². The summed E-state index contributed by atoms with van der Waals surface area (Å²) in [7, 11) is 0. The van der Waals surface area contributed by atoms with Gasteiger partial charge in [0.15, 0.2) is 6.61 Å². The molecule has 0 bridgehead atoms. The SMILES string of the molecule is CC(C)N(Cc1ccccc1)C(=O)COC(=O)/C=C/c1ccc(Br)cc1. The van der Waals surface area contributed by atoms with Gasteiger partial charge in [-0.3, -0.25) is 4.79 Å². The summed E-state index contributed by atoms with van der Waals surface area (Å²) in [6.07, 6.45) is 2.98. The van der Waals surface area contributed by atoms with E-state index in [9.17, 15) is 9.59 Å². The predicted octanol–water partition coefficient (Wildman–Crippen LogP) is 4.44. The Morgan fingerprint density at radius 2 is 1.73 bits per heavy atom. The minimum atomic E-state index is -0.537. The molecular formula is C21H22BrNO3. The van der Waals surface area contributed by atoms with Crippen LogP contribution in [0.5, 0.6) is 0 Å². The smallest absolute Gasteiger partial charge is 0.331 e. The molecule has 0 aliphatic carbocycles. The van der Waals surface area contributed by atoms with Crippen LogP contribution in [-0.4, -0.2) is 29.4 Å². The number of rotatable bonds is 7. The second kappa shape index (κ2) is 9.92. The van der Waals surface area contributed by atoms with E-state index < -0.39 is 5.97 Å². The maximum absolute atomic E-state index is 12.4. The standard InChI is InChI=1S/C21H22BrNO3/c1-16(2)23(14-18-6-4-3-5-7-18)20(24)15-26-21(25)13-10-17-8-11-19(22)12-9-17/h3-13,16H,14-15H2,1-2H3/b13-10+. The number of amides is 1. The lowest BCUT2D eigenvalue weighted by Crippen LogP contribution is -2.39. The van der Waals surface area contributed by atoms with Gasteiger partial charge in [-0.1, -0.05) is 58.4 Å². The molecule has 0 unspecified atom stereocenters. The number of esters is 1. The highest BCUT2D eigenvalue weighted by Crippen LogP contribution is 2.12. The Labute approximate surface area is 162 Å². The molecule has 136 valence electrons. The molecule has 0 radical (unpaired) electrons. The monoisotopic (exact) mass is 415 g/mol. The van der Waals surface area contributed by atoms with Crippen LogP contribution in [0.3, 0.4) is 0 Å². The van der Waals surface area contributed by atoms with Crippen molar-refractivity contribution < 1.29 is 14.3 Å². The molecule has 0 spiro atoms. The van der Waals surface area contributed by atoms with Crippen molar-refractivity contribution in [1.82, 2.24) is 4.90 Å². The summed E-state index contributed by atoms with van der Waals surface area (Å²) in [5.41, 5.74) is 1.92. The number of carbonyl (C=O) groups excluding carboxylic acids is 2. The maximum atomic E-state index is 12.4. The van der Waals surface area contributed by atoms with Gasteiger partial charge in [0.05, 0.1) is 0 Å². The van der Waals surface area contributed by atoms with Crippen molar-refractivity contribution in [3.63, 3.8) is 0 Å². The third-order valence-corrected chi connectivity index (χ3v) is 4.29. The Balaban J connectivity index is 1.88. The first-order chi connectivity index (χ1) is 12.5. The van der Waals surface area contributed by atoms with Crippen molar-refractivity contribution in [2.24, 2.45) is 0 Å². The van der Waals surface area contributed by atoms with Gasteiger partial charge in [-0.15, -0.1) is 0 Å². The summed E-state index contributed by atoms with van der Waals surface area (Å²) in [5.74, 6) is -0.751. The first kappa shape index (κ1) is 19.9. The Hall–Kier alpha value is -2.40. The highest BCUT2D eigenvalue weighted by atomic mass is 79.9. The van der Waals surface area contributed by atoms with E-state index in [1.165, 1.54) is 6.08 Å². The molecule has 2 aromatic rings. The fourth-order valence-electron chi connectivity index (χ4n) is 2.34. The summed E-state index contributed by atoms with van der Waals surface area (Å²) < 4.78 is 6.06. The molecule has 0 heterocycles. The molecular weight excluding hydrogens is 394 g/mol. The van der Waals surface area contributed by atoms with E-state index in [1.54, 1.807) is 11.0 Å². The number of nitrogens with zero attached hydrogens (tertiary/aromatic N) is 1. The van der Waals surface area contributed by atoms with Gasteiger partial charge in [-0.2, -0.15) is 0 Å². The second-order valence-corrected chi connectivity index (χ2v) is 7.01. The molecule has 4 nitrogen and oxygen atoms in total. The highest BCUT2D eigenvalue weighted by Gasteiger charge is 2.18. The zero-order valence-corrected chi connectivity index (χ0v) is 16.5. The van der Waals surface area contributed by atoms with Gasteiger partial charge in [0, 0.05) is 23.1 Å². The molecule has 0 atom stereocenters. The van der Waals surface area contributed by atoms with Crippen LogP contribution in [0.2, 0.25) is 0 Å². The molecule has 0 fully saturated rings. The molecule has 26 heavy (non-hydrogen) atoms. The van der Waals surface area contributed by atoms with Crippen LogP contribution in [0, 0.1) is 0 Å². The molecule has 0 aromatic heterocycles. The van der Waals surface area contributed by atoms with Crippen molar-refractivity contribution in [1.29, 1.82) is 0 Å². The van der Waals surface area contributed by atoms with E-state index in [0.29, 0.717) is 6.54 Å². The minimum absolute atomic E-state index is 0.0136. The third kappa shape index (κ3) is 6.48. The lowest BCUT2D eigenvalue weighted by atomic mass is 10.2. The minimum Gasteiger partial charge on any atom is -0.452 e. The number of benzene rings is 2. The fourth-order valence-corrected chi connectivity index (χ4v) is 2.61. The number of hydrogen-bond acceptors (Lipinski definition) is 3. The van der Waals surface area contributed by atoms with Gasteiger partial charge in [0.2, 0.25) is 0 Å². The zero-order valence-electron chi connectivity index (χ0n) is 14.9. The average molecular weight is 416 g/mol. The average Bonchev–Trinajstić information content (AvgIpc) is 2.64. The molecule has 0 aliphatic heterocycles. The summed E-state index contributed by atoms with van der Waals surface area (Å²) in [6.45, 7) is 4.10. The fraction of sp³-hybridized carbons (Fsp3) is 0.238. The van der Waals surface area contributed by atoms with Crippen molar-refractivity contribution >= 4 is 33.9 Å². The maximum Gasteiger partial charge on any atom is 0.331 e. The van der Waals surface area contributed by atoms with Crippen LogP contribution >= 0.6 is 15.9 Å². The Bertz CT molecular complexity index is 755. The normalized spacial score (nSPS) is 10.9. The van der Waals surface area contributed by atoms with Gasteiger partial charge in [0.1, 0.15) is 0 Å². The van der Waals surface area contributed by atoms with Crippen LogP contribution in [-0.2, 0) is 20.9 Å². The van der Waals surface area contributed by atoms with Gasteiger partial charge in [-0.05, 0) is 43.2 Å². The van der Waals surface area contributed by atoms with Gasteiger partial charge in [-0.25, -0.2) is 4.79 Å². The number of carbonyl (C=O) groups is 2. The summed E-state index contributed by atoms with van der Waals surface area (Å²) in [4.78, 5) is 26.0. The topological polar surface area (TPSA) is 46.6 Å². The van der Waals surface area contributed by atoms with Crippen LogP contribution in [0.25, 0.3) is 6.08 Å². The van der Waals surface area contributed by atoms with Crippen molar-refractivity contribution in [2.45, 2.75) is 26.4 Å². The van der Waals surface area contributed by atoms with Crippen molar-refractivity contribution in [3.8, 4) is 0 Å². The first-order valence-corrected chi connectivity index (χ1v) is 9.19. The molecule has 1 amide bonds. The predicted molar refractivity (Wildman–Crippen MR) is 106 cm³/mol. The Morgan fingerprint density at radius 1 is 1.08 bits per heavy atom. The van der Waals surface area contributed by atoms with Gasteiger partial charge < -0.3 is 9.64 Å². The van der Waals surface area contributed by atoms with E-state index in [1.807, 2.05) is 68.4 Å². The molecule has 2 rings (SSSR count). The highest BCUT2D eigenvalue weighted by molar-refractivity contribution is 9.10. The van der Waals surface area contributed by atoms with Crippen LogP contribution in [0.15, 0.2) is 65.1 Å². The quantitative estimate of drug-likeness (QED) is 0.495. The van der Waals surface area contributed by atoms with Gasteiger partial charge in [0.25, 0.3) is 5.91 Å². The van der Waals surface area contributed by atoms with E-state index >= 15 is 0 Å². The van der Waals surface area contributed by atoms with E-state index in [2.05, 4.69) is 15.9 Å². The lowest BCUT2D eigenvalue weighted by molar-refractivity contribution is -0.149. The first-order valence-electron chi connectivity index (χ1n) is 8.39. The van der Waals surface area contributed by atoms with E-state index in [4.69, 9.17) is 4.74 Å². The number of hydrogen-bond donors (Lipinski definition) is 0. The largest absolute Gasteiger partial charge is 0.452 e. The van der Waals surface area contributed by atoms with E-state index in [0.717, 1.165) is 15.6 Å². The van der Waals surface area contributed by atoms with Gasteiger partial charge >= 0.3 is 5.97 Å². The van der Waals surface area contributed by atoms with Crippen LogP contribution in [0.4, 0.5) is 0 Å². The summed E-state index contributed by atoms with van der Waals surface area (Å²) in [6, 6.07) is 17.3. The molecule has 0 N–H and O–H groups in total. The van der Waals surface area contributed by atoms with Crippen LogP contribution in [0.1, 0.15) is 25.0 Å². The third-order valence-electron chi connectivity index (χ3n) is 3.76. The molecule has 0 saturated carbocycles. The number of ether oxygens (including phenoxy) is 1. The van der Waals surface area contributed by atoms with Crippen LogP contribution < -0.4 is 0 Å². The zero-order chi connectivity index (χ0) is 18.9. The van der Waals surface area contributed by atoms with Crippen molar-refractivity contribution in [3.05, 3.63) is 76.3 Å². The molecule has 0 saturated heterocycles. The summed E-state index contributed by atoms with van der Waals surface area (Å²) in [5, 5.41) is 0. The summed E-state index contributed by atoms with van der Waals surface area (Å²) >= 11 is 3.36.